The molecule has 0 unspecified atom stereocenters. The minimum absolute atomic E-state index is 0.659. The van der Waals surface area contributed by atoms with Gasteiger partial charge in [0, 0.05) is 25.6 Å². The first-order valence-electron chi connectivity index (χ1n) is 7.74. The zero-order valence-electron chi connectivity index (χ0n) is 13.4. The van der Waals surface area contributed by atoms with Crippen LogP contribution in [-0.2, 0) is 19.4 Å². The van der Waals surface area contributed by atoms with Crippen LogP contribution in [-0.4, -0.2) is 26.3 Å². The van der Waals surface area contributed by atoms with Gasteiger partial charge < -0.3 is 5.32 Å². The summed E-state index contributed by atoms with van der Waals surface area (Å²) in [7, 11) is 0. The van der Waals surface area contributed by atoms with Gasteiger partial charge in [0.1, 0.15) is 5.82 Å². The number of pyridine rings is 1. The van der Waals surface area contributed by atoms with E-state index in [1.807, 2.05) is 16.9 Å². The molecule has 5 nitrogen and oxygen atoms in total. The Labute approximate surface area is 126 Å². The lowest BCUT2D eigenvalue weighted by Gasteiger charge is -2.08. The minimum Gasteiger partial charge on any atom is -0.312 e. The van der Waals surface area contributed by atoms with Gasteiger partial charge in [-0.05, 0) is 24.1 Å². The monoisotopic (exact) mass is 287 g/mol. The van der Waals surface area contributed by atoms with Crippen molar-refractivity contribution < 1.29 is 0 Å². The summed E-state index contributed by atoms with van der Waals surface area (Å²) in [5.74, 6) is 3.33. The van der Waals surface area contributed by atoms with Crippen molar-refractivity contribution in [3.05, 3.63) is 35.5 Å². The van der Waals surface area contributed by atoms with E-state index in [2.05, 4.69) is 54.1 Å². The summed E-state index contributed by atoms with van der Waals surface area (Å²) in [5, 5.41) is 7.93. The van der Waals surface area contributed by atoms with Gasteiger partial charge in [0.2, 0.25) is 0 Å². The minimum atomic E-state index is 0.659. The summed E-state index contributed by atoms with van der Waals surface area (Å²) in [6.45, 7) is 10.4. The molecule has 0 aliphatic heterocycles. The predicted octanol–water partition coefficient (Wildman–Crippen LogP) is 2.53. The maximum Gasteiger partial charge on any atom is 0.155 e. The van der Waals surface area contributed by atoms with E-state index in [1.54, 1.807) is 0 Å². The molecule has 2 rings (SSSR count). The first-order valence-corrected chi connectivity index (χ1v) is 7.74. The van der Waals surface area contributed by atoms with Crippen molar-refractivity contribution in [3.63, 3.8) is 0 Å². The molecule has 0 fully saturated rings. The molecule has 1 N–H and O–H groups in total. The molecule has 0 spiro atoms. The number of hydrogen-bond acceptors (Lipinski definition) is 4. The van der Waals surface area contributed by atoms with Crippen molar-refractivity contribution in [2.75, 3.05) is 6.54 Å². The van der Waals surface area contributed by atoms with Crippen molar-refractivity contribution >= 4 is 0 Å². The molecule has 2 heterocycles. The first-order chi connectivity index (χ1) is 10.1. The summed E-state index contributed by atoms with van der Waals surface area (Å²) in [6.07, 6.45) is 3.61. The third-order valence-corrected chi connectivity index (χ3v) is 3.26. The number of aromatic nitrogens is 4. The third-order valence-electron chi connectivity index (χ3n) is 3.26. The zero-order chi connectivity index (χ0) is 15.2. The highest BCUT2D eigenvalue weighted by Gasteiger charge is 2.09. The Morgan fingerprint density at radius 3 is 2.57 bits per heavy atom. The summed E-state index contributed by atoms with van der Waals surface area (Å²) < 4.78 is 1.85. The van der Waals surface area contributed by atoms with Crippen LogP contribution in [0, 0.1) is 5.92 Å². The van der Waals surface area contributed by atoms with Crippen molar-refractivity contribution in [1.29, 1.82) is 0 Å². The van der Waals surface area contributed by atoms with Gasteiger partial charge in [-0.1, -0.05) is 33.8 Å². The molecule has 0 aromatic carbocycles. The van der Waals surface area contributed by atoms with E-state index in [0.717, 1.165) is 43.4 Å². The fourth-order valence-corrected chi connectivity index (χ4v) is 2.11. The standard InChI is InChI=1S/C16H25N5/c1-5-14-19-15(6-2)21(20-14)16-8-7-13(11-18-16)10-17-9-12(3)4/h7-8,11-12,17H,5-6,9-10H2,1-4H3. The van der Waals surface area contributed by atoms with Crippen LogP contribution in [0.15, 0.2) is 18.3 Å². The summed E-state index contributed by atoms with van der Waals surface area (Å²) in [5.41, 5.74) is 1.19. The summed E-state index contributed by atoms with van der Waals surface area (Å²) in [4.78, 5) is 9.04. The Bertz CT molecular complexity index is 557. The van der Waals surface area contributed by atoms with Gasteiger partial charge in [0.15, 0.2) is 11.6 Å². The number of nitrogens with one attached hydrogen (secondary N) is 1. The second kappa shape index (κ2) is 7.31. The summed E-state index contributed by atoms with van der Waals surface area (Å²) in [6, 6.07) is 4.11. The van der Waals surface area contributed by atoms with E-state index in [4.69, 9.17) is 0 Å². The van der Waals surface area contributed by atoms with E-state index < -0.39 is 0 Å². The summed E-state index contributed by atoms with van der Waals surface area (Å²) >= 11 is 0. The van der Waals surface area contributed by atoms with Gasteiger partial charge in [-0.15, -0.1) is 5.10 Å². The molecule has 0 saturated carbocycles. The predicted molar refractivity (Wildman–Crippen MR) is 84.5 cm³/mol. The maximum atomic E-state index is 4.52. The molecule has 0 radical (unpaired) electrons. The molecule has 2 aromatic heterocycles. The molecular formula is C16H25N5. The Balaban J connectivity index is 2.09. The fraction of sp³-hybridized carbons (Fsp3) is 0.562. The molecule has 5 heteroatoms. The second-order valence-corrected chi connectivity index (χ2v) is 5.61. The molecule has 0 aliphatic carbocycles. The molecule has 0 saturated heterocycles. The van der Waals surface area contributed by atoms with E-state index in [-0.39, 0.29) is 0 Å². The van der Waals surface area contributed by atoms with Crippen molar-refractivity contribution in [3.8, 4) is 5.82 Å². The van der Waals surface area contributed by atoms with Crippen LogP contribution < -0.4 is 5.32 Å². The smallest absolute Gasteiger partial charge is 0.155 e. The Hall–Kier alpha value is -1.75. The van der Waals surface area contributed by atoms with Gasteiger partial charge >= 0.3 is 0 Å². The lowest BCUT2D eigenvalue weighted by molar-refractivity contribution is 0.551. The number of nitrogens with zero attached hydrogens (tertiary/aromatic N) is 4. The highest BCUT2D eigenvalue weighted by Crippen LogP contribution is 2.10. The van der Waals surface area contributed by atoms with E-state index in [0.29, 0.717) is 5.92 Å². The molecule has 0 atom stereocenters. The van der Waals surface area contributed by atoms with Crippen LogP contribution in [0.1, 0.15) is 44.9 Å². The van der Waals surface area contributed by atoms with Crippen LogP contribution in [0.2, 0.25) is 0 Å². The van der Waals surface area contributed by atoms with E-state index in [9.17, 15) is 0 Å². The molecule has 0 amide bonds. The lowest BCUT2D eigenvalue weighted by atomic mass is 10.2. The largest absolute Gasteiger partial charge is 0.312 e. The van der Waals surface area contributed by atoms with Crippen LogP contribution in [0.25, 0.3) is 5.82 Å². The fourth-order valence-electron chi connectivity index (χ4n) is 2.11. The van der Waals surface area contributed by atoms with Crippen LogP contribution in [0.3, 0.4) is 0 Å². The van der Waals surface area contributed by atoms with Crippen molar-refractivity contribution in [1.82, 2.24) is 25.1 Å². The highest BCUT2D eigenvalue weighted by atomic mass is 15.4. The van der Waals surface area contributed by atoms with Crippen LogP contribution in [0.4, 0.5) is 0 Å². The SMILES string of the molecule is CCc1nc(CC)n(-c2ccc(CNCC(C)C)cn2)n1. The molecule has 114 valence electrons. The number of rotatable bonds is 7. The normalized spacial score (nSPS) is 11.3. The average Bonchev–Trinajstić information content (AvgIpc) is 2.91. The number of aryl methyl sites for hydroxylation is 2. The Morgan fingerprint density at radius 1 is 1.19 bits per heavy atom. The lowest BCUT2D eigenvalue weighted by Crippen LogP contribution is -2.19. The molecule has 0 bridgehead atoms. The van der Waals surface area contributed by atoms with Crippen LogP contribution >= 0.6 is 0 Å². The molecule has 2 aromatic rings. The van der Waals surface area contributed by atoms with Gasteiger partial charge in [0.25, 0.3) is 0 Å². The second-order valence-electron chi connectivity index (χ2n) is 5.61. The van der Waals surface area contributed by atoms with Gasteiger partial charge in [0.05, 0.1) is 0 Å². The van der Waals surface area contributed by atoms with Gasteiger partial charge in [-0.25, -0.2) is 9.97 Å². The molecular weight excluding hydrogens is 262 g/mol. The van der Waals surface area contributed by atoms with Crippen molar-refractivity contribution in [2.24, 2.45) is 5.92 Å². The van der Waals surface area contributed by atoms with Crippen molar-refractivity contribution in [2.45, 2.75) is 47.1 Å². The molecule has 21 heavy (non-hydrogen) atoms. The highest BCUT2D eigenvalue weighted by molar-refractivity contribution is 5.26. The third kappa shape index (κ3) is 4.11. The van der Waals surface area contributed by atoms with Gasteiger partial charge in [-0.2, -0.15) is 4.68 Å². The average molecular weight is 287 g/mol. The topological polar surface area (TPSA) is 55.6 Å². The van der Waals surface area contributed by atoms with Gasteiger partial charge in [-0.3, -0.25) is 0 Å². The zero-order valence-corrected chi connectivity index (χ0v) is 13.4. The van der Waals surface area contributed by atoms with E-state index in [1.165, 1.54) is 5.56 Å². The van der Waals surface area contributed by atoms with Crippen LogP contribution in [0.5, 0.6) is 0 Å². The number of hydrogen-bond donors (Lipinski definition) is 1. The molecule has 0 aliphatic rings. The quantitative estimate of drug-likeness (QED) is 0.850. The Kier molecular flexibility index (Phi) is 5.44. The maximum absolute atomic E-state index is 4.52. The first kappa shape index (κ1) is 15.6. The Morgan fingerprint density at radius 2 is 2.00 bits per heavy atom. The van der Waals surface area contributed by atoms with E-state index >= 15 is 0 Å².